The summed E-state index contributed by atoms with van der Waals surface area (Å²) in [5.41, 5.74) is 8.61. The van der Waals surface area contributed by atoms with Crippen molar-refractivity contribution < 1.29 is 9.59 Å². The molecule has 0 atom stereocenters. The van der Waals surface area contributed by atoms with Gasteiger partial charge in [-0.05, 0) is 18.1 Å². The number of carbonyl (C=O) groups excluding carboxylic acids is 2. The molecule has 0 aromatic heterocycles. The van der Waals surface area contributed by atoms with Crippen molar-refractivity contribution in [2.45, 2.75) is 6.92 Å². The van der Waals surface area contributed by atoms with Gasteiger partial charge in [-0.15, -0.1) is 0 Å². The monoisotopic (exact) mass is 231 g/mol. The molecule has 0 saturated carbocycles. The van der Waals surface area contributed by atoms with Crippen LogP contribution in [0.25, 0.3) is 6.08 Å². The number of rotatable bonds is 3. The zero-order chi connectivity index (χ0) is 12.7. The van der Waals surface area contributed by atoms with Crippen molar-refractivity contribution in [1.29, 1.82) is 0 Å². The van der Waals surface area contributed by atoms with Gasteiger partial charge in [-0.1, -0.05) is 36.4 Å². The second-order valence-electron chi connectivity index (χ2n) is 3.36. The molecule has 1 aromatic carbocycles. The topological polar surface area (TPSA) is 84.6 Å². The first-order valence-corrected chi connectivity index (χ1v) is 4.96. The highest BCUT2D eigenvalue weighted by Crippen LogP contribution is 2.04. The number of primary amides is 1. The van der Waals surface area contributed by atoms with Crippen molar-refractivity contribution in [3.05, 3.63) is 41.5 Å². The second-order valence-corrected chi connectivity index (χ2v) is 3.36. The van der Waals surface area contributed by atoms with Crippen molar-refractivity contribution in [3.8, 4) is 0 Å². The van der Waals surface area contributed by atoms with Gasteiger partial charge in [-0.25, -0.2) is 5.43 Å². The summed E-state index contributed by atoms with van der Waals surface area (Å²) in [6.45, 7) is 1.83. The Morgan fingerprint density at radius 1 is 1.29 bits per heavy atom. The molecule has 0 radical (unpaired) electrons. The van der Waals surface area contributed by atoms with E-state index in [0.29, 0.717) is 0 Å². The Morgan fingerprint density at radius 3 is 2.53 bits per heavy atom. The van der Waals surface area contributed by atoms with Gasteiger partial charge in [0.2, 0.25) is 0 Å². The highest BCUT2D eigenvalue weighted by Gasteiger charge is 2.04. The van der Waals surface area contributed by atoms with E-state index in [4.69, 9.17) is 5.73 Å². The molecule has 17 heavy (non-hydrogen) atoms. The predicted octanol–water partition coefficient (Wildman–Crippen LogP) is 0.677. The van der Waals surface area contributed by atoms with Crippen LogP contribution in [0.3, 0.4) is 0 Å². The summed E-state index contributed by atoms with van der Waals surface area (Å²) in [5, 5.41) is 3.59. The summed E-state index contributed by atoms with van der Waals surface area (Å²) in [6, 6.07) is 9.66. The fourth-order valence-electron chi connectivity index (χ4n) is 1.10. The molecule has 0 fully saturated rings. The lowest BCUT2D eigenvalue weighted by Crippen LogP contribution is -2.32. The molecule has 0 aliphatic rings. The van der Waals surface area contributed by atoms with Gasteiger partial charge >= 0.3 is 11.8 Å². The molecule has 0 unspecified atom stereocenters. The Morgan fingerprint density at radius 2 is 1.94 bits per heavy atom. The molecule has 0 aliphatic carbocycles. The van der Waals surface area contributed by atoms with Crippen molar-refractivity contribution in [1.82, 2.24) is 5.43 Å². The fraction of sp³-hybridized carbons (Fsp3) is 0.0833. The first-order valence-electron chi connectivity index (χ1n) is 4.96. The zero-order valence-electron chi connectivity index (χ0n) is 9.38. The average molecular weight is 231 g/mol. The van der Waals surface area contributed by atoms with Crippen LogP contribution in [0.4, 0.5) is 0 Å². The average Bonchev–Trinajstić information content (AvgIpc) is 2.30. The lowest BCUT2D eigenvalue weighted by atomic mass is 10.1. The number of nitrogens with zero attached hydrogens (tertiary/aromatic N) is 1. The number of hydrazone groups is 1. The van der Waals surface area contributed by atoms with Crippen LogP contribution in [-0.2, 0) is 9.59 Å². The maximum Gasteiger partial charge on any atom is 0.329 e. The summed E-state index contributed by atoms with van der Waals surface area (Å²) < 4.78 is 0. The minimum absolute atomic E-state index is 0.834. The Labute approximate surface area is 99.0 Å². The molecular weight excluding hydrogens is 218 g/mol. The molecule has 1 rings (SSSR count). The summed E-state index contributed by atoms with van der Waals surface area (Å²) in [7, 11) is 0. The standard InChI is InChI=1S/C12H13N3O2/c1-9(7-10-5-3-2-4-6-10)8-14-15-12(17)11(13)16/h2-8H,1H3,(H2,13,16)(H,15,17)/b9-7-,14-8-. The van der Waals surface area contributed by atoms with E-state index in [1.807, 2.05) is 48.8 Å². The van der Waals surface area contributed by atoms with Crippen LogP contribution >= 0.6 is 0 Å². The van der Waals surface area contributed by atoms with Crippen LogP contribution in [-0.4, -0.2) is 18.0 Å². The quantitative estimate of drug-likeness (QED) is 0.455. The molecular formula is C12H13N3O2. The SMILES string of the molecule is CC(/C=N\NC(=O)C(N)=O)=C/c1ccccc1. The zero-order valence-corrected chi connectivity index (χ0v) is 9.38. The molecule has 0 spiro atoms. The van der Waals surface area contributed by atoms with Gasteiger partial charge in [0.1, 0.15) is 0 Å². The first kappa shape index (κ1) is 12.6. The van der Waals surface area contributed by atoms with Gasteiger partial charge < -0.3 is 5.73 Å². The van der Waals surface area contributed by atoms with E-state index in [9.17, 15) is 9.59 Å². The number of carbonyl (C=O) groups is 2. The number of nitrogens with one attached hydrogen (secondary N) is 1. The minimum Gasteiger partial charge on any atom is -0.361 e. The molecule has 5 nitrogen and oxygen atoms in total. The molecule has 5 heteroatoms. The van der Waals surface area contributed by atoms with E-state index in [-0.39, 0.29) is 0 Å². The van der Waals surface area contributed by atoms with E-state index in [1.54, 1.807) is 0 Å². The molecule has 0 aliphatic heterocycles. The van der Waals surface area contributed by atoms with Crippen LogP contribution in [0, 0.1) is 0 Å². The molecule has 2 amide bonds. The van der Waals surface area contributed by atoms with Gasteiger partial charge in [-0.2, -0.15) is 5.10 Å². The van der Waals surface area contributed by atoms with Crippen molar-refractivity contribution in [3.63, 3.8) is 0 Å². The van der Waals surface area contributed by atoms with E-state index >= 15 is 0 Å². The maximum atomic E-state index is 10.8. The number of allylic oxidation sites excluding steroid dienone is 1. The molecule has 0 bridgehead atoms. The normalized spacial score (nSPS) is 11.5. The Kier molecular flexibility index (Phi) is 4.62. The summed E-state index contributed by atoms with van der Waals surface area (Å²) in [4.78, 5) is 21.2. The largest absolute Gasteiger partial charge is 0.361 e. The van der Waals surface area contributed by atoms with Crippen molar-refractivity contribution >= 4 is 24.1 Å². The van der Waals surface area contributed by atoms with E-state index in [1.165, 1.54) is 6.21 Å². The van der Waals surface area contributed by atoms with Gasteiger partial charge in [0.25, 0.3) is 0 Å². The van der Waals surface area contributed by atoms with Crippen LogP contribution in [0.2, 0.25) is 0 Å². The lowest BCUT2D eigenvalue weighted by molar-refractivity contribution is -0.137. The third-order valence-corrected chi connectivity index (χ3v) is 1.85. The summed E-state index contributed by atoms with van der Waals surface area (Å²) in [6.07, 6.45) is 3.33. The Bertz CT molecular complexity index is 464. The lowest BCUT2D eigenvalue weighted by Gasteiger charge is -1.95. The number of nitrogens with two attached hydrogens (primary N) is 1. The summed E-state index contributed by atoms with van der Waals surface area (Å²) in [5.74, 6) is -2.00. The van der Waals surface area contributed by atoms with Gasteiger partial charge in [0.05, 0.1) is 6.21 Å². The van der Waals surface area contributed by atoms with E-state index in [2.05, 4.69) is 5.10 Å². The molecule has 3 N–H and O–H groups in total. The van der Waals surface area contributed by atoms with E-state index < -0.39 is 11.8 Å². The van der Waals surface area contributed by atoms with Gasteiger partial charge in [0.15, 0.2) is 0 Å². The Balaban J connectivity index is 2.58. The third-order valence-electron chi connectivity index (χ3n) is 1.85. The van der Waals surface area contributed by atoms with Gasteiger partial charge in [0, 0.05) is 0 Å². The van der Waals surface area contributed by atoms with E-state index in [0.717, 1.165) is 11.1 Å². The van der Waals surface area contributed by atoms with Crippen molar-refractivity contribution in [2.75, 3.05) is 0 Å². The number of hydrogen-bond donors (Lipinski definition) is 2. The highest BCUT2D eigenvalue weighted by atomic mass is 16.2. The maximum absolute atomic E-state index is 10.8. The molecule has 0 heterocycles. The molecule has 0 saturated heterocycles. The van der Waals surface area contributed by atoms with Crippen LogP contribution in [0.1, 0.15) is 12.5 Å². The number of amides is 2. The molecule has 88 valence electrons. The van der Waals surface area contributed by atoms with Crippen LogP contribution in [0.5, 0.6) is 0 Å². The third kappa shape index (κ3) is 4.74. The van der Waals surface area contributed by atoms with Crippen LogP contribution in [0.15, 0.2) is 41.0 Å². The smallest absolute Gasteiger partial charge is 0.329 e. The highest BCUT2D eigenvalue weighted by molar-refractivity contribution is 6.34. The summed E-state index contributed by atoms with van der Waals surface area (Å²) >= 11 is 0. The van der Waals surface area contributed by atoms with Crippen LogP contribution < -0.4 is 11.2 Å². The number of benzene rings is 1. The number of hydrogen-bond acceptors (Lipinski definition) is 3. The van der Waals surface area contributed by atoms with Gasteiger partial charge in [-0.3, -0.25) is 9.59 Å². The van der Waals surface area contributed by atoms with Crippen molar-refractivity contribution in [2.24, 2.45) is 10.8 Å². The minimum atomic E-state index is -1.06. The Hall–Kier alpha value is -2.43. The fourth-order valence-corrected chi connectivity index (χ4v) is 1.10. The second kappa shape index (κ2) is 6.22. The first-order chi connectivity index (χ1) is 8.09. The predicted molar refractivity (Wildman–Crippen MR) is 65.9 cm³/mol. The molecule has 1 aromatic rings.